The summed E-state index contributed by atoms with van der Waals surface area (Å²) in [7, 11) is 0. The largest absolute Gasteiger partial charge is 0.464 e. The lowest BCUT2D eigenvalue weighted by atomic mass is 10.0. The molecule has 0 radical (unpaired) electrons. The fourth-order valence-electron chi connectivity index (χ4n) is 2.59. The summed E-state index contributed by atoms with van der Waals surface area (Å²) in [5, 5.41) is -2.47. The highest BCUT2D eigenvalue weighted by Gasteiger charge is 2.33. The SMILES string of the molecule is CCCCC(CC)COC(=O)C(Cl)C(Cl)C(=O)OCC(CC)CCCC. The lowest BCUT2D eigenvalue weighted by Gasteiger charge is -2.19. The van der Waals surface area contributed by atoms with Gasteiger partial charge in [-0.15, -0.1) is 23.2 Å². The van der Waals surface area contributed by atoms with E-state index >= 15 is 0 Å². The van der Waals surface area contributed by atoms with Crippen LogP contribution < -0.4 is 0 Å². The molecule has 0 aliphatic rings. The Morgan fingerprint density at radius 1 is 0.731 bits per heavy atom. The zero-order valence-corrected chi connectivity index (χ0v) is 18.3. The van der Waals surface area contributed by atoms with Gasteiger partial charge >= 0.3 is 11.9 Å². The first-order chi connectivity index (χ1) is 12.4. The highest BCUT2D eigenvalue weighted by Crippen LogP contribution is 2.19. The Balaban J connectivity index is 4.33. The van der Waals surface area contributed by atoms with Crippen molar-refractivity contribution in [1.29, 1.82) is 0 Å². The van der Waals surface area contributed by atoms with Gasteiger partial charge in [0.15, 0.2) is 10.8 Å². The highest BCUT2D eigenvalue weighted by atomic mass is 35.5. The molecule has 6 heteroatoms. The molecule has 0 fully saturated rings. The number of ether oxygens (including phenoxy) is 2. The van der Waals surface area contributed by atoms with Crippen LogP contribution in [0, 0.1) is 11.8 Å². The van der Waals surface area contributed by atoms with Crippen LogP contribution in [-0.4, -0.2) is 35.9 Å². The third-order valence-electron chi connectivity index (χ3n) is 4.72. The van der Waals surface area contributed by atoms with Crippen LogP contribution in [0.2, 0.25) is 0 Å². The van der Waals surface area contributed by atoms with Crippen molar-refractivity contribution in [3.8, 4) is 0 Å². The number of esters is 2. The first-order valence-corrected chi connectivity index (χ1v) is 10.9. The summed E-state index contributed by atoms with van der Waals surface area (Å²) in [5.41, 5.74) is 0. The molecule has 0 saturated heterocycles. The Labute approximate surface area is 169 Å². The van der Waals surface area contributed by atoms with Crippen molar-refractivity contribution in [3.05, 3.63) is 0 Å². The summed E-state index contributed by atoms with van der Waals surface area (Å²) in [6.45, 7) is 9.01. The standard InChI is InChI=1S/C20H36Cl2O4/c1-5-9-11-15(7-3)13-25-19(23)17(21)18(22)20(24)26-14-16(8-4)12-10-6-2/h15-18H,5-14H2,1-4H3. The maximum absolute atomic E-state index is 12.1. The molecule has 0 heterocycles. The molecule has 154 valence electrons. The average Bonchev–Trinajstić information content (AvgIpc) is 2.66. The van der Waals surface area contributed by atoms with Crippen LogP contribution >= 0.6 is 23.2 Å². The molecular formula is C20H36Cl2O4. The monoisotopic (exact) mass is 410 g/mol. The Bertz CT molecular complexity index is 354. The summed E-state index contributed by atoms with van der Waals surface area (Å²) in [6, 6.07) is 0. The lowest BCUT2D eigenvalue weighted by molar-refractivity contribution is -0.151. The average molecular weight is 411 g/mol. The number of hydrogen-bond donors (Lipinski definition) is 0. The molecule has 0 amide bonds. The zero-order valence-electron chi connectivity index (χ0n) is 16.8. The van der Waals surface area contributed by atoms with Gasteiger partial charge < -0.3 is 9.47 Å². The summed E-state index contributed by atoms with van der Waals surface area (Å²) in [4.78, 5) is 24.1. The number of unbranched alkanes of at least 4 members (excludes halogenated alkanes) is 2. The van der Waals surface area contributed by atoms with Crippen molar-refractivity contribution >= 4 is 35.1 Å². The molecule has 0 spiro atoms. The van der Waals surface area contributed by atoms with Gasteiger partial charge in [-0.3, -0.25) is 9.59 Å². The molecule has 0 saturated carbocycles. The van der Waals surface area contributed by atoms with Crippen molar-refractivity contribution in [2.45, 2.75) is 89.8 Å². The topological polar surface area (TPSA) is 52.6 Å². The lowest BCUT2D eigenvalue weighted by Crippen LogP contribution is -2.35. The van der Waals surface area contributed by atoms with Crippen LogP contribution in [0.5, 0.6) is 0 Å². The van der Waals surface area contributed by atoms with E-state index in [4.69, 9.17) is 32.7 Å². The minimum absolute atomic E-state index is 0.312. The molecule has 0 aliphatic heterocycles. The molecule has 0 aromatic heterocycles. The van der Waals surface area contributed by atoms with Gasteiger partial charge in [-0.05, 0) is 24.7 Å². The van der Waals surface area contributed by atoms with Gasteiger partial charge in [0.25, 0.3) is 0 Å². The summed E-state index contributed by atoms with van der Waals surface area (Å²) >= 11 is 12.1. The second kappa shape index (κ2) is 15.6. The minimum Gasteiger partial charge on any atom is -0.464 e. The maximum atomic E-state index is 12.1. The molecule has 0 aromatic carbocycles. The van der Waals surface area contributed by atoms with E-state index in [-0.39, 0.29) is 0 Å². The van der Waals surface area contributed by atoms with E-state index < -0.39 is 22.7 Å². The molecule has 0 rings (SSSR count). The van der Waals surface area contributed by atoms with Crippen molar-refractivity contribution in [3.63, 3.8) is 0 Å². The molecule has 4 unspecified atom stereocenters. The normalized spacial score (nSPS) is 15.8. The number of halogens is 2. The van der Waals surface area contributed by atoms with Crippen LogP contribution in [-0.2, 0) is 19.1 Å². The number of carbonyl (C=O) groups is 2. The second-order valence-electron chi connectivity index (χ2n) is 6.90. The van der Waals surface area contributed by atoms with Crippen LogP contribution in [0.1, 0.15) is 79.1 Å². The Hall–Kier alpha value is -0.480. The Morgan fingerprint density at radius 2 is 1.08 bits per heavy atom. The summed E-state index contributed by atoms with van der Waals surface area (Å²) in [5.74, 6) is -0.687. The van der Waals surface area contributed by atoms with Crippen molar-refractivity contribution < 1.29 is 19.1 Å². The van der Waals surface area contributed by atoms with Gasteiger partial charge in [0.2, 0.25) is 0 Å². The molecule has 0 bridgehead atoms. The number of alkyl halides is 2. The smallest absolute Gasteiger partial charge is 0.326 e. The first kappa shape index (κ1) is 25.5. The van der Waals surface area contributed by atoms with E-state index in [1.54, 1.807) is 0 Å². The molecule has 0 aromatic rings. The summed E-state index contributed by atoms with van der Waals surface area (Å²) < 4.78 is 10.5. The molecule has 4 atom stereocenters. The van der Waals surface area contributed by atoms with Gasteiger partial charge in [0, 0.05) is 0 Å². The Kier molecular flexibility index (Phi) is 15.3. The van der Waals surface area contributed by atoms with E-state index in [1.807, 2.05) is 0 Å². The van der Waals surface area contributed by atoms with E-state index in [9.17, 15) is 9.59 Å². The van der Waals surface area contributed by atoms with E-state index in [2.05, 4.69) is 27.7 Å². The number of hydrogen-bond acceptors (Lipinski definition) is 4. The van der Waals surface area contributed by atoms with Gasteiger partial charge in [-0.25, -0.2) is 0 Å². The minimum atomic E-state index is -1.23. The molecular weight excluding hydrogens is 375 g/mol. The fourth-order valence-corrected chi connectivity index (χ4v) is 2.93. The van der Waals surface area contributed by atoms with Gasteiger partial charge in [0.05, 0.1) is 13.2 Å². The van der Waals surface area contributed by atoms with Crippen molar-refractivity contribution in [2.24, 2.45) is 11.8 Å². The number of rotatable bonds is 15. The molecule has 4 nitrogen and oxygen atoms in total. The molecule has 0 aliphatic carbocycles. The summed E-state index contributed by atoms with van der Waals surface area (Å²) in [6.07, 6.45) is 8.30. The van der Waals surface area contributed by atoms with Crippen LogP contribution in [0.25, 0.3) is 0 Å². The van der Waals surface area contributed by atoms with E-state index in [0.717, 1.165) is 51.4 Å². The van der Waals surface area contributed by atoms with Gasteiger partial charge in [-0.2, -0.15) is 0 Å². The predicted octanol–water partition coefficient (Wildman–Crippen LogP) is 5.72. The third kappa shape index (κ3) is 10.6. The molecule has 26 heavy (non-hydrogen) atoms. The van der Waals surface area contributed by atoms with Crippen LogP contribution in [0.4, 0.5) is 0 Å². The first-order valence-electron chi connectivity index (χ1n) is 10.0. The van der Waals surface area contributed by atoms with Gasteiger partial charge in [-0.1, -0.05) is 66.2 Å². The predicted molar refractivity (Wildman–Crippen MR) is 108 cm³/mol. The quantitative estimate of drug-likeness (QED) is 0.255. The zero-order chi connectivity index (χ0) is 19.9. The second-order valence-corrected chi connectivity index (χ2v) is 7.84. The van der Waals surface area contributed by atoms with Gasteiger partial charge in [0.1, 0.15) is 0 Å². The van der Waals surface area contributed by atoms with Crippen LogP contribution in [0.3, 0.4) is 0 Å². The third-order valence-corrected chi connectivity index (χ3v) is 5.71. The number of carbonyl (C=O) groups excluding carboxylic acids is 2. The van der Waals surface area contributed by atoms with Crippen molar-refractivity contribution in [1.82, 2.24) is 0 Å². The fraction of sp³-hybridized carbons (Fsp3) is 0.900. The van der Waals surface area contributed by atoms with E-state index in [1.165, 1.54) is 0 Å². The molecule has 0 N–H and O–H groups in total. The van der Waals surface area contributed by atoms with Crippen molar-refractivity contribution in [2.75, 3.05) is 13.2 Å². The Morgan fingerprint density at radius 3 is 1.35 bits per heavy atom. The van der Waals surface area contributed by atoms with Crippen LogP contribution in [0.15, 0.2) is 0 Å². The maximum Gasteiger partial charge on any atom is 0.326 e. The van der Waals surface area contributed by atoms with E-state index in [0.29, 0.717) is 25.0 Å². The highest BCUT2D eigenvalue weighted by molar-refractivity contribution is 6.42.